The van der Waals surface area contributed by atoms with Gasteiger partial charge in [-0.1, -0.05) is 18.2 Å². The van der Waals surface area contributed by atoms with Crippen LogP contribution < -0.4 is 0 Å². The van der Waals surface area contributed by atoms with Crippen molar-refractivity contribution in [2.24, 2.45) is 0 Å². The molecule has 0 amide bonds. The molecule has 0 aliphatic heterocycles. The number of hydrogen-bond acceptors (Lipinski definition) is 3. The van der Waals surface area contributed by atoms with Gasteiger partial charge in [-0.25, -0.2) is 9.59 Å². The van der Waals surface area contributed by atoms with Gasteiger partial charge in [-0.2, -0.15) is 0 Å². The Hall–Kier alpha value is -1.84. The highest BCUT2D eigenvalue weighted by atomic mass is 16.5. The third-order valence-electron chi connectivity index (χ3n) is 1.41. The fourth-order valence-electron chi connectivity index (χ4n) is 0.727. The maximum atomic E-state index is 11.1. The topological polar surface area (TPSA) is 63.6 Å². The van der Waals surface area contributed by atoms with E-state index >= 15 is 0 Å². The number of allylic oxidation sites excluding steroid dienone is 3. The minimum atomic E-state index is -1.16. The molecule has 1 N–H and O–H groups in total. The van der Waals surface area contributed by atoms with Crippen LogP contribution in [0.25, 0.3) is 0 Å². The van der Waals surface area contributed by atoms with E-state index in [9.17, 15) is 9.59 Å². The van der Waals surface area contributed by atoms with Gasteiger partial charge in [0.2, 0.25) is 0 Å². The molecule has 82 valence electrons. The number of carbonyl (C=O) groups is 2. The van der Waals surface area contributed by atoms with Gasteiger partial charge in [-0.05, 0) is 19.9 Å². The molecule has 0 atom stereocenters. The van der Waals surface area contributed by atoms with Crippen LogP contribution >= 0.6 is 0 Å². The van der Waals surface area contributed by atoms with Crippen molar-refractivity contribution in [2.75, 3.05) is 6.61 Å². The van der Waals surface area contributed by atoms with Crippen molar-refractivity contribution in [3.8, 4) is 0 Å². The first-order valence-corrected chi connectivity index (χ1v) is 4.44. The quantitative estimate of drug-likeness (QED) is 0.426. The normalized spacial score (nSPS) is 12.3. The Morgan fingerprint density at radius 3 is 2.53 bits per heavy atom. The minimum absolute atomic E-state index is 0.0712. The van der Waals surface area contributed by atoms with E-state index in [-0.39, 0.29) is 12.2 Å². The van der Waals surface area contributed by atoms with Crippen molar-refractivity contribution in [3.05, 3.63) is 36.0 Å². The molecule has 0 aliphatic rings. The van der Waals surface area contributed by atoms with Crippen molar-refractivity contribution >= 4 is 11.9 Å². The average molecular weight is 210 g/mol. The zero-order valence-electron chi connectivity index (χ0n) is 8.77. The molecule has 0 saturated carbocycles. The number of aliphatic carboxylic acids is 1. The standard InChI is InChI=1S/C11H14O4/c1-3-4-5-6-7-15-11(14)9(2)8-10(12)13/h3-6,8H,7H2,1-2H3,(H,12,13). The monoisotopic (exact) mass is 210 g/mol. The van der Waals surface area contributed by atoms with Gasteiger partial charge in [0.1, 0.15) is 6.61 Å². The summed E-state index contributed by atoms with van der Waals surface area (Å²) in [4.78, 5) is 21.3. The fraction of sp³-hybridized carbons (Fsp3) is 0.273. The maximum absolute atomic E-state index is 11.1. The van der Waals surface area contributed by atoms with Gasteiger partial charge in [0.05, 0.1) is 0 Å². The van der Waals surface area contributed by atoms with Crippen molar-refractivity contribution in [1.29, 1.82) is 0 Å². The Morgan fingerprint density at radius 2 is 2.00 bits per heavy atom. The Labute approximate surface area is 88.6 Å². The first-order chi connectivity index (χ1) is 7.07. The number of ether oxygens (including phenoxy) is 1. The Morgan fingerprint density at radius 1 is 1.33 bits per heavy atom. The Kier molecular flexibility index (Phi) is 6.63. The molecular weight excluding hydrogens is 196 g/mol. The molecule has 0 rings (SSSR count). The summed E-state index contributed by atoms with van der Waals surface area (Å²) in [6.45, 7) is 3.40. The number of carboxylic acids is 1. The third kappa shape index (κ3) is 7.25. The van der Waals surface area contributed by atoms with Gasteiger partial charge >= 0.3 is 11.9 Å². The van der Waals surface area contributed by atoms with Gasteiger partial charge in [0.25, 0.3) is 0 Å². The lowest BCUT2D eigenvalue weighted by atomic mass is 10.3. The smallest absolute Gasteiger partial charge is 0.334 e. The van der Waals surface area contributed by atoms with E-state index in [4.69, 9.17) is 9.84 Å². The summed E-state index contributed by atoms with van der Waals surface area (Å²) in [6.07, 6.45) is 7.86. The molecule has 15 heavy (non-hydrogen) atoms. The second-order valence-electron chi connectivity index (χ2n) is 2.72. The fourth-order valence-corrected chi connectivity index (χ4v) is 0.727. The van der Waals surface area contributed by atoms with Crippen LogP contribution in [0, 0.1) is 0 Å². The molecule has 0 unspecified atom stereocenters. The molecule has 0 aliphatic carbocycles. The summed E-state index contributed by atoms with van der Waals surface area (Å²) < 4.78 is 4.76. The summed E-state index contributed by atoms with van der Waals surface area (Å²) in [5, 5.41) is 8.37. The van der Waals surface area contributed by atoms with E-state index in [1.807, 2.05) is 13.0 Å². The lowest BCUT2D eigenvalue weighted by Gasteiger charge is -1.99. The first kappa shape index (κ1) is 13.2. The van der Waals surface area contributed by atoms with Crippen LogP contribution in [0.4, 0.5) is 0 Å². The Balaban J connectivity index is 3.99. The molecule has 0 heterocycles. The molecule has 0 bridgehead atoms. The van der Waals surface area contributed by atoms with Crippen LogP contribution in [-0.4, -0.2) is 23.7 Å². The second kappa shape index (κ2) is 7.55. The minimum Gasteiger partial charge on any atom is -0.478 e. The molecule has 0 fully saturated rings. The van der Waals surface area contributed by atoms with Gasteiger partial charge in [0, 0.05) is 11.6 Å². The van der Waals surface area contributed by atoms with Crippen LogP contribution in [-0.2, 0) is 14.3 Å². The van der Waals surface area contributed by atoms with Gasteiger partial charge in [0.15, 0.2) is 0 Å². The number of carboxylic acid groups (broad SMARTS) is 1. The van der Waals surface area contributed by atoms with E-state index in [1.165, 1.54) is 6.92 Å². The van der Waals surface area contributed by atoms with Crippen LogP contribution in [0.5, 0.6) is 0 Å². The van der Waals surface area contributed by atoms with E-state index < -0.39 is 11.9 Å². The summed E-state index contributed by atoms with van der Waals surface area (Å²) in [7, 11) is 0. The van der Waals surface area contributed by atoms with Crippen LogP contribution in [0.1, 0.15) is 13.8 Å². The summed E-state index contributed by atoms with van der Waals surface area (Å²) in [6, 6.07) is 0. The van der Waals surface area contributed by atoms with Crippen LogP contribution in [0.3, 0.4) is 0 Å². The van der Waals surface area contributed by atoms with Crippen LogP contribution in [0.15, 0.2) is 36.0 Å². The van der Waals surface area contributed by atoms with Crippen molar-refractivity contribution in [3.63, 3.8) is 0 Å². The predicted molar refractivity (Wildman–Crippen MR) is 56.3 cm³/mol. The highest BCUT2D eigenvalue weighted by Crippen LogP contribution is 1.96. The van der Waals surface area contributed by atoms with E-state index in [0.29, 0.717) is 0 Å². The van der Waals surface area contributed by atoms with Gasteiger partial charge in [-0.15, -0.1) is 0 Å². The number of hydrogen-bond donors (Lipinski definition) is 1. The summed E-state index contributed by atoms with van der Waals surface area (Å²) in [5.41, 5.74) is 0.0712. The van der Waals surface area contributed by atoms with Gasteiger partial charge in [-0.3, -0.25) is 0 Å². The lowest BCUT2D eigenvalue weighted by Crippen LogP contribution is -2.07. The highest BCUT2D eigenvalue weighted by molar-refractivity contribution is 5.95. The number of carbonyl (C=O) groups excluding carboxylic acids is 1. The molecule has 4 nitrogen and oxygen atoms in total. The van der Waals surface area contributed by atoms with E-state index in [2.05, 4.69) is 0 Å². The summed E-state index contributed by atoms with van der Waals surface area (Å²) in [5.74, 6) is -1.78. The largest absolute Gasteiger partial charge is 0.478 e. The van der Waals surface area contributed by atoms with Crippen LogP contribution in [0.2, 0.25) is 0 Å². The molecule has 0 aromatic rings. The van der Waals surface area contributed by atoms with Crippen molar-refractivity contribution in [2.45, 2.75) is 13.8 Å². The molecule has 0 spiro atoms. The average Bonchev–Trinajstić information content (AvgIpc) is 2.16. The molecule has 0 aromatic carbocycles. The van der Waals surface area contributed by atoms with Gasteiger partial charge < -0.3 is 9.84 Å². The zero-order chi connectivity index (χ0) is 11.7. The molecule has 0 radical (unpaired) electrons. The number of esters is 1. The maximum Gasteiger partial charge on any atom is 0.334 e. The molecule has 4 heteroatoms. The van der Waals surface area contributed by atoms with E-state index in [1.54, 1.807) is 18.2 Å². The number of rotatable bonds is 5. The SMILES string of the molecule is CC=CC=CCOC(=O)C(C)=CC(=O)O. The van der Waals surface area contributed by atoms with Crippen molar-refractivity contribution in [1.82, 2.24) is 0 Å². The van der Waals surface area contributed by atoms with E-state index in [0.717, 1.165) is 6.08 Å². The third-order valence-corrected chi connectivity index (χ3v) is 1.41. The predicted octanol–water partition coefficient (Wildman–Crippen LogP) is 1.69. The molecule has 0 aromatic heterocycles. The van der Waals surface area contributed by atoms with Crippen molar-refractivity contribution < 1.29 is 19.4 Å². The molecular formula is C11H14O4. The second-order valence-corrected chi connectivity index (χ2v) is 2.72. The Bertz CT molecular complexity index is 311. The highest BCUT2D eigenvalue weighted by Gasteiger charge is 2.05. The first-order valence-electron chi connectivity index (χ1n) is 4.44. The molecule has 0 saturated heterocycles. The summed E-state index contributed by atoms with van der Waals surface area (Å²) >= 11 is 0. The lowest BCUT2D eigenvalue weighted by molar-refractivity contribution is -0.138. The zero-order valence-corrected chi connectivity index (χ0v) is 8.77.